The zero-order valence-corrected chi connectivity index (χ0v) is 8.22. The second kappa shape index (κ2) is 3.91. The zero-order chi connectivity index (χ0) is 10.0. The van der Waals surface area contributed by atoms with Crippen LogP contribution in [0.3, 0.4) is 0 Å². The lowest BCUT2D eigenvalue weighted by Gasteiger charge is -2.01. The number of pyridine rings is 1. The van der Waals surface area contributed by atoms with Crippen molar-refractivity contribution in [1.82, 2.24) is 4.98 Å². The average Bonchev–Trinajstić information content (AvgIpc) is 2.09. The van der Waals surface area contributed by atoms with Crippen LogP contribution in [0.4, 0.5) is 13.2 Å². The van der Waals surface area contributed by atoms with E-state index in [-0.39, 0.29) is 3.70 Å². The molecule has 0 unspecified atom stereocenters. The van der Waals surface area contributed by atoms with E-state index in [2.05, 4.69) is 4.98 Å². The summed E-state index contributed by atoms with van der Waals surface area (Å²) in [6, 6.07) is 2.23. The van der Waals surface area contributed by atoms with E-state index in [1.54, 1.807) is 0 Å². The number of aromatic nitrogens is 1. The van der Waals surface area contributed by atoms with Gasteiger partial charge in [-0.2, -0.15) is 5.26 Å². The molecule has 1 aromatic rings. The van der Waals surface area contributed by atoms with Gasteiger partial charge in [0.1, 0.15) is 15.5 Å². The van der Waals surface area contributed by atoms with Crippen LogP contribution in [-0.2, 0) is 0 Å². The highest BCUT2D eigenvalue weighted by molar-refractivity contribution is 14.1. The molecule has 2 nitrogen and oxygen atoms in total. The van der Waals surface area contributed by atoms with Gasteiger partial charge in [-0.1, -0.05) is 0 Å². The molecule has 0 aliphatic heterocycles. The van der Waals surface area contributed by atoms with Gasteiger partial charge in [0.25, 0.3) is 6.43 Å². The van der Waals surface area contributed by atoms with Crippen molar-refractivity contribution in [3.8, 4) is 6.07 Å². The summed E-state index contributed by atoms with van der Waals surface area (Å²) in [5.74, 6) is -0.854. The Morgan fingerprint density at radius 2 is 2.15 bits per heavy atom. The van der Waals surface area contributed by atoms with Gasteiger partial charge in [-0.25, -0.2) is 18.2 Å². The lowest BCUT2D eigenvalue weighted by molar-refractivity contribution is 0.145. The molecule has 0 N–H and O–H groups in total. The maximum Gasteiger partial charge on any atom is 0.280 e. The van der Waals surface area contributed by atoms with Crippen LogP contribution in [0.15, 0.2) is 6.07 Å². The summed E-state index contributed by atoms with van der Waals surface area (Å²) in [6.45, 7) is 0. The summed E-state index contributed by atoms with van der Waals surface area (Å²) in [5.41, 5.74) is -0.989. The fourth-order valence-electron chi connectivity index (χ4n) is 0.710. The molecule has 6 heteroatoms. The Bertz CT molecular complexity index is 373. The molecule has 68 valence electrons. The monoisotopic (exact) mass is 298 g/mol. The summed E-state index contributed by atoms with van der Waals surface area (Å²) >= 11 is 1.46. The van der Waals surface area contributed by atoms with Gasteiger partial charge in [-0.15, -0.1) is 0 Å². The number of alkyl halides is 2. The molecule has 0 fully saturated rings. The number of hydrogen-bond donors (Lipinski definition) is 0. The fraction of sp³-hybridized carbons (Fsp3) is 0.143. The maximum atomic E-state index is 12.9. The van der Waals surface area contributed by atoms with E-state index in [1.165, 1.54) is 28.7 Å². The quantitative estimate of drug-likeness (QED) is 0.590. The van der Waals surface area contributed by atoms with Crippen molar-refractivity contribution in [2.45, 2.75) is 6.43 Å². The van der Waals surface area contributed by atoms with Gasteiger partial charge in [0, 0.05) is 0 Å². The number of nitrogens with zero attached hydrogens (tertiary/aromatic N) is 2. The lowest BCUT2D eigenvalue weighted by atomic mass is 10.2. The van der Waals surface area contributed by atoms with E-state index >= 15 is 0 Å². The molecular formula is C7H2F3IN2. The summed E-state index contributed by atoms with van der Waals surface area (Å²) in [6.07, 6.45) is -2.79. The molecule has 0 aromatic carbocycles. The minimum atomic E-state index is -2.79. The van der Waals surface area contributed by atoms with E-state index in [0.717, 1.165) is 6.07 Å². The van der Waals surface area contributed by atoms with E-state index < -0.39 is 23.5 Å². The van der Waals surface area contributed by atoms with E-state index in [0.29, 0.717) is 0 Å². The molecule has 0 spiro atoms. The van der Waals surface area contributed by atoms with Gasteiger partial charge >= 0.3 is 0 Å². The van der Waals surface area contributed by atoms with Gasteiger partial charge in [0.05, 0.1) is 5.56 Å². The predicted molar refractivity (Wildman–Crippen MR) is 46.6 cm³/mol. The minimum absolute atomic E-state index is 0.216. The highest BCUT2D eigenvalue weighted by atomic mass is 127. The molecule has 1 heterocycles. The van der Waals surface area contributed by atoms with Crippen molar-refractivity contribution < 1.29 is 13.2 Å². The Morgan fingerprint density at radius 1 is 1.54 bits per heavy atom. The number of halogens is 4. The van der Waals surface area contributed by atoms with Crippen LogP contribution in [0.2, 0.25) is 0 Å². The van der Waals surface area contributed by atoms with Gasteiger partial charge in [0.15, 0.2) is 5.82 Å². The molecule has 0 amide bonds. The maximum absolute atomic E-state index is 12.9. The van der Waals surface area contributed by atoms with Gasteiger partial charge in [-0.05, 0) is 28.7 Å². The first-order valence-corrected chi connectivity index (χ1v) is 4.18. The van der Waals surface area contributed by atoms with E-state index in [4.69, 9.17) is 5.26 Å². The van der Waals surface area contributed by atoms with Crippen LogP contribution in [0.5, 0.6) is 0 Å². The first-order valence-electron chi connectivity index (χ1n) is 3.10. The first kappa shape index (κ1) is 10.2. The molecule has 0 saturated heterocycles. The molecule has 0 bridgehead atoms. The van der Waals surface area contributed by atoms with Crippen molar-refractivity contribution in [3.05, 3.63) is 26.8 Å². The Labute approximate surface area is 85.5 Å². The summed E-state index contributed by atoms with van der Waals surface area (Å²) in [4.78, 5) is 3.29. The van der Waals surface area contributed by atoms with Crippen LogP contribution in [0, 0.1) is 20.8 Å². The standard InChI is InChI=1S/C7H2F3IN2/c8-5-3(2-12)1-4(6(9)10)13-7(5)11/h1,6H. The number of rotatable bonds is 1. The molecule has 0 radical (unpaired) electrons. The Hall–Kier alpha value is -0.840. The van der Waals surface area contributed by atoms with E-state index in [9.17, 15) is 13.2 Å². The third-order valence-corrected chi connectivity index (χ3v) is 2.00. The van der Waals surface area contributed by atoms with Crippen LogP contribution < -0.4 is 0 Å². The molecule has 1 aromatic heterocycles. The van der Waals surface area contributed by atoms with Gasteiger partial charge < -0.3 is 0 Å². The third kappa shape index (κ3) is 2.09. The van der Waals surface area contributed by atoms with Crippen molar-refractivity contribution in [3.63, 3.8) is 0 Å². The largest absolute Gasteiger partial charge is 0.280 e. The third-order valence-electron chi connectivity index (χ3n) is 1.28. The SMILES string of the molecule is N#Cc1cc(C(F)F)nc(I)c1F. The molecule has 0 atom stereocenters. The molecule has 13 heavy (non-hydrogen) atoms. The number of hydrogen-bond acceptors (Lipinski definition) is 2. The minimum Gasteiger partial charge on any atom is -0.238 e. The topological polar surface area (TPSA) is 36.7 Å². The summed E-state index contributed by atoms with van der Waals surface area (Å²) in [7, 11) is 0. The highest BCUT2D eigenvalue weighted by Gasteiger charge is 2.15. The fourth-order valence-corrected chi connectivity index (χ4v) is 1.28. The summed E-state index contributed by atoms with van der Waals surface area (Å²) in [5, 5.41) is 8.38. The smallest absolute Gasteiger partial charge is 0.238 e. The zero-order valence-electron chi connectivity index (χ0n) is 6.06. The normalized spacial score (nSPS) is 10.2. The van der Waals surface area contributed by atoms with Crippen LogP contribution in [0.25, 0.3) is 0 Å². The Balaban J connectivity index is 3.32. The molecular weight excluding hydrogens is 296 g/mol. The van der Waals surface area contributed by atoms with Gasteiger partial charge in [-0.3, -0.25) is 0 Å². The molecule has 0 aliphatic carbocycles. The predicted octanol–water partition coefficient (Wildman–Crippen LogP) is 2.63. The summed E-state index contributed by atoms with van der Waals surface area (Å²) < 4.78 is 36.9. The molecule has 0 saturated carbocycles. The van der Waals surface area contributed by atoms with Gasteiger partial charge in [0.2, 0.25) is 0 Å². The molecule has 0 aliphatic rings. The second-order valence-electron chi connectivity index (χ2n) is 2.11. The van der Waals surface area contributed by atoms with Crippen LogP contribution in [-0.4, -0.2) is 4.98 Å². The van der Waals surface area contributed by atoms with Crippen LogP contribution in [0.1, 0.15) is 17.7 Å². The Kier molecular flexibility index (Phi) is 3.08. The van der Waals surface area contributed by atoms with Crippen molar-refractivity contribution in [1.29, 1.82) is 5.26 Å². The van der Waals surface area contributed by atoms with Crippen LogP contribution >= 0.6 is 22.6 Å². The van der Waals surface area contributed by atoms with E-state index in [1.807, 2.05) is 0 Å². The molecule has 1 rings (SSSR count). The van der Waals surface area contributed by atoms with Crippen molar-refractivity contribution in [2.75, 3.05) is 0 Å². The van der Waals surface area contributed by atoms with Crippen molar-refractivity contribution >= 4 is 22.6 Å². The number of nitriles is 1. The highest BCUT2D eigenvalue weighted by Crippen LogP contribution is 2.21. The lowest BCUT2D eigenvalue weighted by Crippen LogP contribution is -1.99. The van der Waals surface area contributed by atoms with Crippen molar-refractivity contribution in [2.24, 2.45) is 0 Å². The average molecular weight is 298 g/mol. The Morgan fingerprint density at radius 3 is 2.62 bits per heavy atom. The first-order chi connectivity index (χ1) is 6.06. The second-order valence-corrected chi connectivity index (χ2v) is 3.13.